The highest BCUT2D eigenvalue weighted by Gasteiger charge is 2.42. The zero-order valence-electron chi connectivity index (χ0n) is 13.0. The van der Waals surface area contributed by atoms with Gasteiger partial charge in [0.25, 0.3) is 0 Å². The second kappa shape index (κ2) is 7.64. The lowest BCUT2D eigenvalue weighted by atomic mass is 9.85. The third-order valence-corrected chi connectivity index (χ3v) is 4.41. The molecular formula is C15H29F3N2. The van der Waals surface area contributed by atoms with Crippen LogP contribution in [0.3, 0.4) is 0 Å². The van der Waals surface area contributed by atoms with E-state index in [2.05, 4.69) is 26.1 Å². The van der Waals surface area contributed by atoms with E-state index in [1.165, 1.54) is 0 Å². The SMILES string of the molecule is CCCNCC(C)(CC)CN1CCCC(C(F)(F)F)C1. The summed E-state index contributed by atoms with van der Waals surface area (Å²) in [6.45, 7) is 10.0. The van der Waals surface area contributed by atoms with Crippen LogP contribution >= 0.6 is 0 Å². The lowest BCUT2D eigenvalue weighted by Gasteiger charge is -2.40. The average Bonchev–Trinajstić information content (AvgIpc) is 2.38. The summed E-state index contributed by atoms with van der Waals surface area (Å²) in [5.41, 5.74) is 0.0582. The number of hydrogen-bond acceptors (Lipinski definition) is 2. The molecule has 0 amide bonds. The first kappa shape index (κ1) is 17.8. The van der Waals surface area contributed by atoms with Crippen LogP contribution in [0.4, 0.5) is 13.2 Å². The van der Waals surface area contributed by atoms with Crippen LogP contribution in [0.2, 0.25) is 0 Å². The van der Waals surface area contributed by atoms with Crippen molar-refractivity contribution in [3.05, 3.63) is 0 Å². The van der Waals surface area contributed by atoms with E-state index in [9.17, 15) is 13.2 Å². The largest absolute Gasteiger partial charge is 0.393 e. The standard InChI is InChI=1S/C15H29F3N2/c1-4-8-19-11-14(3,5-2)12-20-9-6-7-13(10-20)15(16,17)18/h13,19H,4-12H2,1-3H3. The topological polar surface area (TPSA) is 15.3 Å². The Balaban J connectivity index is 2.51. The van der Waals surface area contributed by atoms with Crippen molar-refractivity contribution in [1.82, 2.24) is 10.2 Å². The van der Waals surface area contributed by atoms with E-state index in [4.69, 9.17) is 0 Å². The number of nitrogens with one attached hydrogen (secondary N) is 1. The van der Waals surface area contributed by atoms with Crippen molar-refractivity contribution in [2.24, 2.45) is 11.3 Å². The molecule has 0 saturated carbocycles. The Morgan fingerprint density at radius 1 is 1.25 bits per heavy atom. The first-order chi connectivity index (χ1) is 9.30. The quantitative estimate of drug-likeness (QED) is 0.721. The number of hydrogen-bond donors (Lipinski definition) is 1. The molecule has 0 aromatic carbocycles. The maximum absolute atomic E-state index is 12.8. The van der Waals surface area contributed by atoms with Gasteiger partial charge in [0.2, 0.25) is 0 Å². The second-order valence-corrected chi connectivity index (χ2v) is 6.46. The smallest absolute Gasteiger partial charge is 0.316 e. The van der Waals surface area contributed by atoms with Gasteiger partial charge in [-0.15, -0.1) is 0 Å². The molecule has 2 unspecified atom stereocenters. The molecule has 1 fully saturated rings. The van der Waals surface area contributed by atoms with Crippen molar-refractivity contribution in [3.8, 4) is 0 Å². The summed E-state index contributed by atoms with van der Waals surface area (Å²) in [6.07, 6.45) is -1.03. The summed E-state index contributed by atoms with van der Waals surface area (Å²) >= 11 is 0. The van der Waals surface area contributed by atoms with Crippen LogP contribution in [-0.4, -0.2) is 43.8 Å². The molecule has 0 aliphatic carbocycles. The van der Waals surface area contributed by atoms with Gasteiger partial charge in [-0.05, 0) is 44.2 Å². The minimum Gasteiger partial charge on any atom is -0.316 e. The molecule has 2 atom stereocenters. The van der Waals surface area contributed by atoms with E-state index >= 15 is 0 Å². The van der Waals surface area contributed by atoms with E-state index in [0.717, 1.165) is 39.0 Å². The van der Waals surface area contributed by atoms with Crippen molar-refractivity contribution in [3.63, 3.8) is 0 Å². The third kappa shape index (κ3) is 5.60. The maximum atomic E-state index is 12.8. The number of halogens is 3. The van der Waals surface area contributed by atoms with Crippen molar-refractivity contribution < 1.29 is 13.2 Å². The van der Waals surface area contributed by atoms with Gasteiger partial charge in [0.1, 0.15) is 0 Å². The van der Waals surface area contributed by atoms with Gasteiger partial charge in [-0.3, -0.25) is 0 Å². The van der Waals surface area contributed by atoms with Crippen LogP contribution < -0.4 is 5.32 Å². The monoisotopic (exact) mass is 294 g/mol. The predicted molar refractivity (Wildman–Crippen MR) is 76.8 cm³/mol. The summed E-state index contributed by atoms with van der Waals surface area (Å²) in [5, 5.41) is 3.41. The van der Waals surface area contributed by atoms with Gasteiger partial charge < -0.3 is 10.2 Å². The number of alkyl halides is 3. The lowest BCUT2D eigenvalue weighted by Crippen LogP contribution is -2.48. The molecule has 1 heterocycles. The lowest BCUT2D eigenvalue weighted by molar-refractivity contribution is -0.187. The second-order valence-electron chi connectivity index (χ2n) is 6.46. The molecule has 1 saturated heterocycles. The van der Waals surface area contributed by atoms with Crippen LogP contribution in [0.1, 0.15) is 46.5 Å². The fraction of sp³-hybridized carbons (Fsp3) is 1.00. The van der Waals surface area contributed by atoms with Gasteiger partial charge in [0.05, 0.1) is 5.92 Å². The molecule has 1 rings (SSSR count). The van der Waals surface area contributed by atoms with Crippen LogP contribution in [0.15, 0.2) is 0 Å². The Kier molecular flexibility index (Phi) is 6.79. The van der Waals surface area contributed by atoms with Crippen LogP contribution in [0, 0.1) is 11.3 Å². The third-order valence-electron chi connectivity index (χ3n) is 4.41. The number of rotatable bonds is 7. The van der Waals surface area contributed by atoms with Crippen LogP contribution in [0.25, 0.3) is 0 Å². The summed E-state index contributed by atoms with van der Waals surface area (Å²) in [4.78, 5) is 2.01. The van der Waals surface area contributed by atoms with Gasteiger partial charge in [0, 0.05) is 19.6 Å². The molecule has 0 spiro atoms. The van der Waals surface area contributed by atoms with Gasteiger partial charge in [0.15, 0.2) is 0 Å². The fourth-order valence-corrected chi connectivity index (χ4v) is 2.87. The highest BCUT2D eigenvalue weighted by atomic mass is 19.4. The van der Waals surface area contributed by atoms with Crippen LogP contribution in [0.5, 0.6) is 0 Å². The normalized spacial score (nSPS) is 24.6. The van der Waals surface area contributed by atoms with Crippen molar-refractivity contribution in [2.75, 3.05) is 32.7 Å². The Hall–Kier alpha value is -0.290. The molecule has 1 aliphatic heterocycles. The van der Waals surface area contributed by atoms with E-state index in [1.807, 2.05) is 4.90 Å². The first-order valence-corrected chi connectivity index (χ1v) is 7.80. The zero-order valence-corrected chi connectivity index (χ0v) is 13.0. The fourth-order valence-electron chi connectivity index (χ4n) is 2.87. The molecular weight excluding hydrogens is 265 g/mol. The molecule has 20 heavy (non-hydrogen) atoms. The number of nitrogens with zero attached hydrogens (tertiary/aromatic N) is 1. The van der Waals surface area contributed by atoms with E-state index in [0.29, 0.717) is 6.42 Å². The molecule has 5 heteroatoms. The molecule has 1 N–H and O–H groups in total. The first-order valence-electron chi connectivity index (χ1n) is 7.80. The summed E-state index contributed by atoms with van der Waals surface area (Å²) in [5.74, 6) is -1.14. The highest BCUT2D eigenvalue weighted by Crippen LogP contribution is 2.34. The number of piperidine rings is 1. The van der Waals surface area contributed by atoms with Crippen LogP contribution in [-0.2, 0) is 0 Å². The molecule has 1 aliphatic rings. The van der Waals surface area contributed by atoms with Gasteiger partial charge in [-0.25, -0.2) is 0 Å². The molecule has 0 radical (unpaired) electrons. The minimum absolute atomic E-state index is 0.0582. The number of likely N-dealkylation sites (tertiary alicyclic amines) is 1. The zero-order chi connectivity index (χ0) is 15.2. The van der Waals surface area contributed by atoms with E-state index in [1.54, 1.807) is 0 Å². The van der Waals surface area contributed by atoms with Crippen molar-refractivity contribution in [1.29, 1.82) is 0 Å². The summed E-state index contributed by atoms with van der Waals surface area (Å²) in [6, 6.07) is 0. The maximum Gasteiger partial charge on any atom is 0.393 e. The van der Waals surface area contributed by atoms with Gasteiger partial charge >= 0.3 is 6.18 Å². The van der Waals surface area contributed by atoms with Crippen molar-refractivity contribution in [2.45, 2.75) is 52.6 Å². The van der Waals surface area contributed by atoms with Gasteiger partial charge in [-0.2, -0.15) is 13.2 Å². The molecule has 0 aromatic rings. The van der Waals surface area contributed by atoms with E-state index < -0.39 is 12.1 Å². The summed E-state index contributed by atoms with van der Waals surface area (Å²) in [7, 11) is 0. The summed E-state index contributed by atoms with van der Waals surface area (Å²) < 4.78 is 38.5. The molecule has 0 aromatic heterocycles. The minimum atomic E-state index is -4.04. The van der Waals surface area contributed by atoms with E-state index in [-0.39, 0.29) is 18.4 Å². The Morgan fingerprint density at radius 2 is 1.95 bits per heavy atom. The Morgan fingerprint density at radius 3 is 2.50 bits per heavy atom. The Bertz CT molecular complexity index is 281. The molecule has 0 bridgehead atoms. The highest BCUT2D eigenvalue weighted by molar-refractivity contribution is 4.84. The van der Waals surface area contributed by atoms with Gasteiger partial charge in [-0.1, -0.05) is 20.8 Å². The predicted octanol–water partition coefficient (Wildman–Crippen LogP) is 3.68. The average molecular weight is 294 g/mol. The Labute approximate surface area is 121 Å². The van der Waals surface area contributed by atoms with Crippen molar-refractivity contribution >= 4 is 0 Å². The molecule has 2 nitrogen and oxygen atoms in total. The molecule has 120 valence electrons.